The second-order valence-electron chi connectivity index (χ2n) is 11.1. The van der Waals surface area contributed by atoms with Crippen LogP contribution in [0.5, 0.6) is 0 Å². The predicted molar refractivity (Wildman–Crippen MR) is 99.7 cm³/mol. The average molecular weight is 362 g/mol. The van der Waals surface area contributed by atoms with Crippen LogP contribution in [0.25, 0.3) is 0 Å². The Morgan fingerprint density at radius 2 is 2.00 bits per heavy atom. The van der Waals surface area contributed by atoms with Crippen LogP contribution in [-0.4, -0.2) is 48.3 Å². The summed E-state index contributed by atoms with van der Waals surface area (Å²) in [6, 6.07) is 0. The molecule has 2 saturated carbocycles. The lowest BCUT2D eigenvalue weighted by Crippen LogP contribution is -2.55. The van der Waals surface area contributed by atoms with E-state index < -0.39 is 0 Å². The fourth-order valence-electron chi connectivity index (χ4n) is 7.42. The Labute approximate surface area is 158 Å². The maximum atomic E-state index is 12.8. The third kappa shape index (κ3) is 2.30. The third-order valence-electron chi connectivity index (χ3n) is 8.63. The lowest BCUT2D eigenvalue weighted by molar-refractivity contribution is -0.146. The number of rotatable bonds is 2. The molecule has 3 heterocycles. The molecule has 5 fully saturated rings. The second-order valence-corrected chi connectivity index (χ2v) is 11.1. The molecule has 146 valence electrons. The Morgan fingerprint density at radius 3 is 2.77 bits per heavy atom. The van der Waals surface area contributed by atoms with Crippen molar-refractivity contribution in [3.05, 3.63) is 0 Å². The molecular weight excluding hydrogens is 326 g/mol. The first-order valence-corrected chi connectivity index (χ1v) is 10.9. The molecule has 0 amide bonds. The van der Waals surface area contributed by atoms with E-state index in [-0.39, 0.29) is 41.0 Å². The number of carbonyl (C=O) groups excluding carboxylic acids is 1. The first kappa shape index (κ1) is 17.5. The van der Waals surface area contributed by atoms with Gasteiger partial charge >= 0.3 is 5.97 Å². The highest BCUT2D eigenvalue weighted by Crippen LogP contribution is 2.70. The van der Waals surface area contributed by atoms with Crippen LogP contribution in [0.3, 0.4) is 0 Å². The van der Waals surface area contributed by atoms with E-state index in [1.54, 1.807) is 0 Å². The first-order valence-electron chi connectivity index (χ1n) is 10.9. The standard InChI is InChI=1S/C22H35NO3/c1-14-7-5-9-21(4)11-16-17(18-22(14,21)26-18)15(19(24)25-16)12-23-10-6-8-20(2,3)13-23/h14-18H,5-13H2,1-4H3/t14-,15+,16+,17+,18-,21+,22+/m0/s1. The van der Waals surface area contributed by atoms with Crippen LogP contribution >= 0.6 is 0 Å². The monoisotopic (exact) mass is 361 g/mol. The first-order chi connectivity index (χ1) is 12.3. The quantitative estimate of drug-likeness (QED) is 0.556. The van der Waals surface area contributed by atoms with E-state index in [4.69, 9.17) is 9.47 Å². The summed E-state index contributed by atoms with van der Waals surface area (Å²) in [5.74, 6) is 0.944. The van der Waals surface area contributed by atoms with Crippen LogP contribution in [0, 0.1) is 28.6 Å². The molecular formula is C22H35NO3. The van der Waals surface area contributed by atoms with Crippen molar-refractivity contribution >= 4 is 5.97 Å². The zero-order valence-electron chi connectivity index (χ0n) is 16.9. The summed E-state index contributed by atoms with van der Waals surface area (Å²) in [6.45, 7) is 12.6. The fourth-order valence-corrected chi connectivity index (χ4v) is 7.42. The molecule has 0 unspecified atom stereocenters. The van der Waals surface area contributed by atoms with Crippen molar-refractivity contribution in [1.29, 1.82) is 0 Å². The lowest BCUT2D eigenvalue weighted by Gasteiger charge is -2.49. The Hall–Kier alpha value is -0.610. The van der Waals surface area contributed by atoms with Gasteiger partial charge in [0.25, 0.3) is 0 Å². The van der Waals surface area contributed by atoms with Crippen LogP contribution in [-0.2, 0) is 14.3 Å². The Bertz CT molecular complexity index is 619. The molecule has 3 saturated heterocycles. The smallest absolute Gasteiger partial charge is 0.311 e. The van der Waals surface area contributed by atoms with Gasteiger partial charge in [-0.05, 0) is 50.0 Å². The minimum atomic E-state index is 0.0111. The molecule has 3 aliphatic heterocycles. The Balaban J connectivity index is 1.38. The zero-order chi connectivity index (χ0) is 18.3. The molecule has 0 radical (unpaired) electrons. The minimum absolute atomic E-state index is 0.0111. The van der Waals surface area contributed by atoms with Gasteiger partial charge in [-0.25, -0.2) is 0 Å². The van der Waals surface area contributed by atoms with Crippen LogP contribution in [0.15, 0.2) is 0 Å². The van der Waals surface area contributed by atoms with Gasteiger partial charge in [0, 0.05) is 24.4 Å². The predicted octanol–water partition coefficient (Wildman–Crippen LogP) is 3.63. The van der Waals surface area contributed by atoms with Gasteiger partial charge in [0.15, 0.2) is 0 Å². The molecule has 0 bridgehead atoms. The molecule has 4 heteroatoms. The number of epoxide rings is 1. The summed E-state index contributed by atoms with van der Waals surface area (Å²) in [4.78, 5) is 15.3. The zero-order valence-corrected chi connectivity index (χ0v) is 16.9. The normalized spacial score (nSPS) is 52.6. The molecule has 5 aliphatic rings. The summed E-state index contributed by atoms with van der Waals surface area (Å²) in [5.41, 5.74) is 0.582. The summed E-state index contributed by atoms with van der Waals surface area (Å²) < 4.78 is 12.5. The maximum absolute atomic E-state index is 12.8. The molecule has 7 atom stereocenters. The van der Waals surface area contributed by atoms with Crippen LogP contribution in [0.1, 0.15) is 66.2 Å². The van der Waals surface area contributed by atoms with Gasteiger partial charge in [0.05, 0.1) is 12.0 Å². The molecule has 5 rings (SSSR count). The Morgan fingerprint density at radius 1 is 1.19 bits per heavy atom. The number of hydrogen-bond donors (Lipinski definition) is 0. The number of piperidine rings is 1. The number of esters is 1. The van der Waals surface area contributed by atoms with E-state index in [1.807, 2.05) is 0 Å². The summed E-state index contributed by atoms with van der Waals surface area (Å²) in [6.07, 6.45) is 7.64. The number of ether oxygens (including phenoxy) is 2. The van der Waals surface area contributed by atoms with E-state index in [0.717, 1.165) is 26.1 Å². The van der Waals surface area contributed by atoms with E-state index in [0.29, 0.717) is 11.3 Å². The van der Waals surface area contributed by atoms with Crippen molar-refractivity contribution in [2.75, 3.05) is 19.6 Å². The number of hydrogen-bond acceptors (Lipinski definition) is 4. The van der Waals surface area contributed by atoms with Gasteiger partial charge in [-0.1, -0.05) is 34.1 Å². The highest BCUT2D eigenvalue weighted by atomic mass is 16.6. The van der Waals surface area contributed by atoms with Crippen LogP contribution in [0.2, 0.25) is 0 Å². The van der Waals surface area contributed by atoms with Gasteiger partial charge in [-0.2, -0.15) is 0 Å². The van der Waals surface area contributed by atoms with Crippen molar-refractivity contribution in [2.24, 2.45) is 28.6 Å². The van der Waals surface area contributed by atoms with E-state index in [1.165, 1.54) is 32.1 Å². The van der Waals surface area contributed by atoms with E-state index >= 15 is 0 Å². The van der Waals surface area contributed by atoms with Gasteiger partial charge in [0.1, 0.15) is 11.7 Å². The van der Waals surface area contributed by atoms with Gasteiger partial charge in [-0.15, -0.1) is 0 Å². The van der Waals surface area contributed by atoms with E-state index in [9.17, 15) is 4.79 Å². The van der Waals surface area contributed by atoms with Crippen LogP contribution < -0.4 is 0 Å². The Kier molecular flexibility index (Phi) is 3.68. The summed E-state index contributed by atoms with van der Waals surface area (Å²) in [5, 5.41) is 0. The van der Waals surface area contributed by atoms with Crippen LogP contribution in [0.4, 0.5) is 0 Å². The molecule has 4 nitrogen and oxygen atoms in total. The molecule has 26 heavy (non-hydrogen) atoms. The summed E-state index contributed by atoms with van der Waals surface area (Å²) >= 11 is 0. The SMILES string of the molecule is C[C@H]1CCC[C@]2(C)C[C@H]3OC(=O)[C@H](CN4CCCC(C)(C)C4)[C@H]3[C@@H]3O[C@]132. The molecule has 1 spiro atoms. The van der Waals surface area contributed by atoms with Gasteiger partial charge in [0.2, 0.25) is 0 Å². The van der Waals surface area contributed by atoms with Gasteiger partial charge < -0.3 is 14.4 Å². The minimum Gasteiger partial charge on any atom is -0.462 e. The topological polar surface area (TPSA) is 42.1 Å². The highest BCUT2D eigenvalue weighted by molar-refractivity contribution is 5.76. The molecule has 0 aromatic rings. The average Bonchev–Trinajstić information content (AvgIpc) is 3.22. The number of likely N-dealkylation sites (tertiary alicyclic amines) is 1. The maximum Gasteiger partial charge on any atom is 0.311 e. The number of nitrogens with zero attached hydrogens (tertiary/aromatic N) is 1. The van der Waals surface area contributed by atoms with Crippen molar-refractivity contribution in [3.8, 4) is 0 Å². The largest absolute Gasteiger partial charge is 0.462 e. The van der Waals surface area contributed by atoms with Gasteiger partial charge in [-0.3, -0.25) is 4.79 Å². The van der Waals surface area contributed by atoms with Crippen molar-refractivity contribution < 1.29 is 14.3 Å². The van der Waals surface area contributed by atoms with Crippen molar-refractivity contribution in [1.82, 2.24) is 4.90 Å². The molecule has 2 aliphatic carbocycles. The molecule has 0 N–H and O–H groups in total. The number of fused-ring (bicyclic) bond motifs is 2. The summed E-state index contributed by atoms with van der Waals surface area (Å²) in [7, 11) is 0. The van der Waals surface area contributed by atoms with Crippen molar-refractivity contribution in [3.63, 3.8) is 0 Å². The number of carbonyl (C=O) groups is 1. The highest BCUT2D eigenvalue weighted by Gasteiger charge is 2.78. The second kappa shape index (κ2) is 5.47. The third-order valence-corrected chi connectivity index (χ3v) is 8.63. The lowest BCUT2D eigenvalue weighted by atomic mass is 9.53. The molecule has 0 aromatic heterocycles. The molecule has 0 aromatic carbocycles. The van der Waals surface area contributed by atoms with Crippen molar-refractivity contribution in [2.45, 2.75) is 84.0 Å². The fraction of sp³-hybridized carbons (Fsp3) is 0.955. The van der Waals surface area contributed by atoms with E-state index in [2.05, 4.69) is 32.6 Å².